The van der Waals surface area contributed by atoms with Gasteiger partial charge in [-0.05, 0) is 122 Å². The van der Waals surface area contributed by atoms with E-state index in [9.17, 15) is 43.5 Å². The van der Waals surface area contributed by atoms with Crippen molar-refractivity contribution < 1.29 is 75.8 Å². The summed E-state index contributed by atoms with van der Waals surface area (Å²) in [5, 5.41) is 20.6. The van der Waals surface area contributed by atoms with Crippen LogP contribution in [0.2, 0.25) is 0 Å². The lowest BCUT2D eigenvalue weighted by atomic mass is 10.1. The molecule has 18 heteroatoms. The van der Waals surface area contributed by atoms with Crippen molar-refractivity contribution in [3.8, 4) is 0 Å². The van der Waals surface area contributed by atoms with Gasteiger partial charge in [-0.25, -0.2) is 9.13 Å². The van der Waals surface area contributed by atoms with Crippen LogP contribution in [0.15, 0.2) is 146 Å². The van der Waals surface area contributed by atoms with Crippen molar-refractivity contribution in [3.63, 3.8) is 0 Å². The van der Waals surface area contributed by atoms with Gasteiger partial charge in [0.05, 0.1) is 26.4 Å². The number of unbranched alkanes of at least 4 members (excludes halogenated alkanes) is 26. The van der Waals surface area contributed by atoms with Gasteiger partial charge in [-0.1, -0.05) is 308 Å². The molecule has 0 heterocycles. The molecule has 0 aliphatic heterocycles. The Morgan fingerprint density at radius 1 is 0.287 bits per heavy atom. The van der Waals surface area contributed by atoms with Crippen molar-refractivity contribution in [2.24, 2.45) is 0 Å². The molecule has 0 spiro atoms. The molecule has 0 aliphatic carbocycles. The molecule has 578 valence electrons. The fraction of sp³-hybridized carbons (Fsp3) is 0.675. The van der Waals surface area contributed by atoms with Crippen LogP contribution in [0.1, 0.15) is 303 Å². The van der Waals surface area contributed by atoms with Crippen LogP contribution in [-0.4, -0.2) is 95.9 Å². The summed E-state index contributed by atoms with van der Waals surface area (Å²) in [4.78, 5) is 58.6. The molecule has 0 fully saturated rings. The molecule has 0 radical (unpaired) electrons. The first-order valence-electron chi connectivity index (χ1n) is 39.1. The summed E-state index contributed by atoms with van der Waals surface area (Å²) in [6.45, 7) is 2.42. The zero-order valence-electron chi connectivity index (χ0n) is 63.0. The van der Waals surface area contributed by atoms with Gasteiger partial charge in [0.2, 0.25) is 0 Å². The fourth-order valence-corrected chi connectivity index (χ4v) is 11.8. The molecule has 0 aliphatic rings. The predicted molar refractivity (Wildman–Crippen MR) is 417 cm³/mol. The molecule has 0 aromatic rings. The highest BCUT2D eigenvalue weighted by atomic mass is 31.2. The van der Waals surface area contributed by atoms with Crippen molar-refractivity contribution >= 4 is 33.6 Å². The van der Waals surface area contributed by atoms with Crippen LogP contribution in [0.25, 0.3) is 0 Å². The van der Waals surface area contributed by atoms with E-state index in [2.05, 4.69) is 167 Å². The van der Waals surface area contributed by atoms with Gasteiger partial charge in [-0.15, -0.1) is 0 Å². The summed E-state index contributed by atoms with van der Waals surface area (Å²) in [5.74, 6) is -1.59. The summed E-state index contributed by atoms with van der Waals surface area (Å²) in [5.41, 5.74) is 0. The minimum absolute atomic E-state index is 0.102. The molecule has 0 rings (SSSR count). The van der Waals surface area contributed by atoms with Gasteiger partial charge < -0.3 is 34.2 Å². The molecule has 5 unspecified atom stereocenters. The number of ether oxygens (including phenoxy) is 3. The normalized spacial score (nSPS) is 14.8. The van der Waals surface area contributed by atoms with Crippen LogP contribution in [-0.2, 0) is 55.8 Å². The quantitative estimate of drug-likeness (QED) is 0.0146. The monoisotopic (exact) mass is 1450 g/mol. The fourth-order valence-electron chi connectivity index (χ4n) is 10.2. The molecule has 0 aromatic carbocycles. The summed E-state index contributed by atoms with van der Waals surface area (Å²) < 4.78 is 61.1. The van der Waals surface area contributed by atoms with Gasteiger partial charge in [0.1, 0.15) is 25.4 Å². The molecular weight excluding hydrogens is 1310 g/mol. The average molecular weight is 1460 g/mol. The molecule has 0 saturated heterocycles. The highest BCUT2D eigenvalue weighted by Crippen LogP contribution is 2.45. The van der Waals surface area contributed by atoms with Crippen LogP contribution >= 0.6 is 15.6 Å². The second kappa shape index (κ2) is 75.1. The van der Waals surface area contributed by atoms with Gasteiger partial charge in [-0.3, -0.25) is 32.5 Å². The maximum atomic E-state index is 12.9. The SMILES string of the molecule is CC/C=C\C/C=C\C/C=C\C/C=C\C/C=C\C/C=C\CCCCCCCCCCC(=O)OCC(O)COP(=O)(O)OCC(O)COP(=O)(O)OCC(COC(=O)CCCCCCCCCC/C=C\C/C=C\C/C=C\C/C=C\C/C=C\C/C=C\CC)OC(=O)CCCCCCCCCCCCC. The number of allylic oxidation sites excluding steroid dienone is 24. The van der Waals surface area contributed by atoms with Crippen LogP contribution in [0, 0.1) is 0 Å². The van der Waals surface area contributed by atoms with E-state index < -0.39 is 91.5 Å². The highest BCUT2D eigenvalue weighted by molar-refractivity contribution is 7.47. The van der Waals surface area contributed by atoms with Crippen molar-refractivity contribution in [1.29, 1.82) is 0 Å². The van der Waals surface area contributed by atoms with Gasteiger partial charge >= 0.3 is 33.6 Å². The van der Waals surface area contributed by atoms with E-state index in [-0.39, 0.29) is 19.3 Å². The number of phosphoric acid groups is 2. The molecule has 101 heavy (non-hydrogen) atoms. The lowest BCUT2D eigenvalue weighted by Gasteiger charge is -2.21. The summed E-state index contributed by atoms with van der Waals surface area (Å²) in [7, 11) is -9.79. The highest BCUT2D eigenvalue weighted by Gasteiger charge is 2.29. The molecule has 0 amide bonds. The first-order chi connectivity index (χ1) is 49.2. The number of hydrogen-bond donors (Lipinski definition) is 4. The Morgan fingerprint density at radius 3 is 0.832 bits per heavy atom. The Balaban J connectivity index is 4.51. The summed E-state index contributed by atoms with van der Waals surface area (Å²) in [6.07, 6.45) is 91.8. The van der Waals surface area contributed by atoms with Crippen molar-refractivity contribution in [2.45, 2.75) is 322 Å². The number of hydrogen-bond acceptors (Lipinski definition) is 14. The number of aliphatic hydroxyl groups excluding tert-OH is 2. The number of carbonyl (C=O) groups excluding carboxylic acids is 3. The molecule has 0 aromatic heterocycles. The van der Waals surface area contributed by atoms with Crippen molar-refractivity contribution in [1.82, 2.24) is 0 Å². The van der Waals surface area contributed by atoms with Crippen LogP contribution < -0.4 is 0 Å². The lowest BCUT2D eigenvalue weighted by Crippen LogP contribution is -2.30. The standard InChI is InChI=1S/C83H140O16P2/c1-4-7-10-13-16-19-22-24-26-28-30-32-34-36-38-40-42-44-46-48-50-52-55-57-60-63-66-69-81(86)93-72-78(84)73-95-100(89,90)96-74-79(85)75-97-101(91,92)98-77-80(99-83(88)71-68-65-62-59-54-21-18-15-12-9-6-3)76-94-82(87)70-67-64-61-58-56-53-51-49-47-45-43-41-39-37-35-33-31-29-27-25-23-20-17-14-11-8-5-2/h7-8,10-11,16-17,19-20,24-27,30-33,36-39,42-45,78-80,84-85H,4-6,9,12-15,18,21-23,28-29,34-35,40-41,46-77H2,1-3H3,(H,89,90)(H,91,92)/b10-7-,11-8-,19-16-,20-17-,26-24-,27-25-,32-30-,33-31-,38-36-,39-37-,44-42-,45-43-. The average Bonchev–Trinajstić information content (AvgIpc) is 0.947. The van der Waals surface area contributed by atoms with Gasteiger partial charge in [0.15, 0.2) is 6.10 Å². The van der Waals surface area contributed by atoms with E-state index >= 15 is 0 Å². The number of phosphoric ester groups is 2. The second-order valence-corrected chi connectivity index (χ2v) is 28.7. The zero-order chi connectivity index (χ0) is 73.7. The van der Waals surface area contributed by atoms with Crippen LogP contribution in [0.5, 0.6) is 0 Å². The lowest BCUT2D eigenvalue weighted by molar-refractivity contribution is -0.161. The second-order valence-electron chi connectivity index (χ2n) is 25.8. The van der Waals surface area contributed by atoms with E-state index in [0.29, 0.717) is 19.3 Å². The van der Waals surface area contributed by atoms with E-state index in [1.807, 2.05) is 0 Å². The third-order valence-corrected chi connectivity index (χ3v) is 18.0. The Labute approximate surface area is 613 Å². The summed E-state index contributed by atoms with van der Waals surface area (Å²) >= 11 is 0. The molecule has 16 nitrogen and oxygen atoms in total. The van der Waals surface area contributed by atoms with Gasteiger partial charge in [-0.2, -0.15) is 0 Å². The van der Waals surface area contributed by atoms with E-state index in [0.717, 1.165) is 173 Å². The summed E-state index contributed by atoms with van der Waals surface area (Å²) in [6, 6.07) is 0. The topological polar surface area (TPSA) is 231 Å². The van der Waals surface area contributed by atoms with E-state index in [1.165, 1.54) is 70.6 Å². The Kier molecular flexibility index (Phi) is 71.7. The minimum atomic E-state index is -4.93. The van der Waals surface area contributed by atoms with Crippen molar-refractivity contribution in [2.75, 3.05) is 39.6 Å². The molecule has 4 N–H and O–H groups in total. The van der Waals surface area contributed by atoms with E-state index in [4.69, 9.17) is 32.3 Å². The largest absolute Gasteiger partial charge is 0.472 e. The Morgan fingerprint density at radius 2 is 0.525 bits per heavy atom. The van der Waals surface area contributed by atoms with E-state index in [1.54, 1.807) is 0 Å². The smallest absolute Gasteiger partial charge is 0.463 e. The van der Waals surface area contributed by atoms with Crippen molar-refractivity contribution in [3.05, 3.63) is 146 Å². The number of esters is 3. The third kappa shape index (κ3) is 76.4. The zero-order valence-corrected chi connectivity index (χ0v) is 64.8. The van der Waals surface area contributed by atoms with Gasteiger partial charge in [0.25, 0.3) is 0 Å². The van der Waals surface area contributed by atoms with Gasteiger partial charge in [0, 0.05) is 19.3 Å². The Hall–Kier alpha value is -4.57. The first-order valence-corrected chi connectivity index (χ1v) is 42.1. The predicted octanol–water partition coefficient (Wildman–Crippen LogP) is 22.9. The molecular formula is C83H140O16P2. The number of rotatable bonds is 73. The Bertz CT molecular complexity index is 2420. The molecule has 5 atom stereocenters. The minimum Gasteiger partial charge on any atom is -0.463 e. The maximum absolute atomic E-state index is 12.9. The number of carbonyl (C=O) groups is 3. The number of aliphatic hydroxyl groups is 2. The third-order valence-electron chi connectivity index (χ3n) is 16.1. The van der Waals surface area contributed by atoms with Crippen LogP contribution in [0.4, 0.5) is 0 Å². The molecule has 0 bridgehead atoms. The molecule has 0 saturated carbocycles. The maximum Gasteiger partial charge on any atom is 0.472 e. The first kappa shape index (κ1) is 96.4. The van der Waals surface area contributed by atoms with Crippen LogP contribution in [0.3, 0.4) is 0 Å².